The average molecular weight is 199 g/mol. The van der Waals surface area contributed by atoms with E-state index < -0.39 is 11.5 Å². The maximum atomic E-state index is 11.1. The summed E-state index contributed by atoms with van der Waals surface area (Å²) in [5.74, 6) is 1.32. The molecule has 0 aromatic rings. The standard InChI is InChI=1S/C10H17NO3/c1-5-6-11-10(7-14-4,8(2)3)9(12)13/h1,8,11H,6-7H2,2-4H3,(H,12,13). The molecule has 0 bridgehead atoms. The van der Waals surface area contributed by atoms with Crippen molar-refractivity contribution in [3.8, 4) is 12.3 Å². The van der Waals surface area contributed by atoms with Gasteiger partial charge in [0.2, 0.25) is 0 Å². The van der Waals surface area contributed by atoms with E-state index in [0.717, 1.165) is 0 Å². The van der Waals surface area contributed by atoms with Crippen molar-refractivity contribution in [1.29, 1.82) is 0 Å². The van der Waals surface area contributed by atoms with Crippen molar-refractivity contribution in [3.63, 3.8) is 0 Å². The quantitative estimate of drug-likeness (QED) is 0.605. The molecule has 80 valence electrons. The van der Waals surface area contributed by atoms with E-state index in [2.05, 4.69) is 11.2 Å². The molecule has 14 heavy (non-hydrogen) atoms. The Morgan fingerprint density at radius 3 is 2.57 bits per heavy atom. The molecule has 0 saturated heterocycles. The van der Waals surface area contributed by atoms with Gasteiger partial charge in [-0.1, -0.05) is 19.8 Å². The minimum Gasteiger partial charge on any atom is -0.480 e. The second kappa shape index (κ2) is 5.63. The molecule has 0 amide bonds. The van der Waals surface area contributed by atoms with E-state index >= 15 is 0 Å². The summed E-state index contributed by atoms with van der Waals surface area (Å²) in [6, 6.07) is 0. The molecule has 0 aromatic carbocycles. The summed E-state index contributed by atoms with van der Waals surface area (Å²) in [6.07, 6.45) is 5.09. The molecule has 0 saturated carbocycles. The lowest BCUT2D eigenvalue weighted by atomic mass is 9.87. The molecular weight excluding hydrogens is 182 g/mol. The van der Waals surface area contributed by atoms with Crippen molar-refractivity contribution in [3.05, 3.63) is 0 Å². The van der Waals surface area contributed by atoms with Crippen molar-refractivity contribution in [2.75, 3.05) is 20.3 Å². The van der Waals surface area contributed by atoms with Gasteiger partial charge in [-0.25, -0.2) is 0 Å². The Hall–Kier alpha value is -1.05. The number of nitrogens with one attached hydrogen (secondary N) is 1. The predicted octanol–water partition coefficient (Wildman–Crippen LogP) is 0.335. The summed E-state index contributed by atoms with van der Waals surface area (Å²) in [6.45, 7) is 3.95. The Morgan fingerprint density at radius 2 is 2.29 bits per heavy atom. The smallest absolute Gasteiger partial charge is 0.326 e. The zero-order valence-electron chi connectivity index (χ0n) is 8.83. The lowest BCUT2D eigenvalue weighted by Gasteiger charge is -2.32. The third kappa shape index (κ3) is 2.72. The van der Waals surface area contributed by atoms with E-state index in [-0.39, 0.29) is 19.1 Å². The molecular formula is C10H17NO3. The monoisotopic (exact) mass is 199 g/mol. The Kier molecular flexibility index (Phi) is 5.21. The fourth-order valence-corrected chi connectivity index (χ4v) is 1.24. The third-order valence-electron chi connectivity index (χ3n) is 2.25. The van der Waals surface area contributed by atoms with Crippen LogP contribution in [-0.2, 0) is 9.53 Å². The van der Waals surface area contributed by atoms with Crippen LogP contribution in [0, 0.1) is 18.3 Å². The molecule has 2 N–H and O–H groups in total. The van der Waals surface area contributed by atoms with Crippen LogP contribution < -0.4 is 5.32 Å². The number of aliphatic carboxylic acids is 1. The Balaban J connectivity index is 4.76. The number of carboxylic acid groups (broad SMARTS) is 1. The molecule has 0 radical (unpaired) electrons. The summed E-state index contributed by atoms with van der Waals surface area (Å²) >= 11 is 0. The molecule has 0 aliphatic heterocycles. The first-order valence-electron chi connectivity index (χ1n) is 4.42. The highest BCUT2D eigenvalue weighted by Gasteiger charge is 2.41. The highest BCUT2D eigenvalue weighted by atomic mass is 16.5. The van der Waals surface area contributed by atoms with Gasteiger partial charge >= 0.3 is 5.97 Å². The second-order valence-corrected chi connectivity index (χ2v) is 3.42. The second-order valence-electron chi connectivity index (χ2n) is 3.42. The number of carbonyl (C=O) groups is 1. The number of terminal acetylenes is 1. The van der Waals surface area contributed by atoms with E-state index in [4.69, 9.17) is 16.3 Å². The SMILES string of the molecule is C#CCNC(COC)(C(=O)O)C(C)C. The summed E-state index contributed by atoms with van der Waals surface area (Å²) in [7, 11) is 1.47. The van der Waals surface area contributed by atoms with Gasteiger partial charge in [0.25, 0.3) is 0 Å². The largest absolute Gasteiger partial charge is 0.480 e. The number of ether oxygens (including phenoxy) is 1. The lowest BCUT2D eigenvalue weighted by molar-refractivity contribution is -0.149. The average Bonchev–Trinajstić information content (AvgIpc) is 2.11. The van der Waals surface area contributed by atoms with Gasteiger partial charge in [-0.15, -0.1) is 6.42 Å². The van der Waals surface area contributed by atoms with E-state index in [1.165, 1.54) is 7.11 Å². The summed E-state index contributed by atoms with van der Waals surface area (Å²) in [5, 5.41) is 12.0. The van der Waals surface area contributed by atoms with Gasteiger partial charge in [-0.2, -0.15) is 0 Å². The predicted molar refractivity (Wildman–Crippen MR) is 53.9 cm³/mol. The molecule has 1 atom stereocenters. The van der Waals surface area contributed by atoms with Crippen LogP contribution in [0.4, 0.5) is 0 Å². The van der Waals surface area contributed by atoms with Crippen molar-refractivity contribution in [1.82, 2.24) is 5.32 Å². The molecule has 0 fully saturated rings. The fourth-order valence-electron chi connectivity index (χ4n) is 1.24. The van der Waals surface area contributed by atoms with Crippen LogP contribution >= 0.6 is 0 Å². The van der Waals surface area contributed by atoms with Crippen molar-refractivity contribution in [2.45, 2.75) is 19.4 Å². The first-order valence-corrected chi connectivity index (χ1v) is 4.42. The maximum Gasteiger partial charge on any atom is 0.326 e. The van der Waals surface area contributed by atoms with Crippen LogP contribution in [0.15, 0.2) is 0 Å². The number of rotatable bonds is 6. The van der Waals surface area contributed by atoms with Crippen LogP contribution in [-0.4, -0.2) is 36.9 Å². The first kappa shape index (κ1) is 12.9. The van der Waals surface area contributed by atoms with E-state index in [1.54, 1.807) is 0 Å². The topological polar surface area (TPSA) is 58.6 Å². The minimum absolute atomic E-state index is 0.0989. The van der Waals surface area contributed by atoms with E-state index in [9.17, 15) is 4.79 Å². The van der Waals surface area contributed by atoms with Crippen LogP contribution in [0.3, 0.4) is 0 Å². The molecule has 4 nitrogen and oxygen atoms in total. The van der Waals surface area contributed by atoms with Gasteiger partial charge in [0.15, 0.2) is 0 Å². The van der Waals surface area contributed by atoms with Crippen LogP contribution in [0.5, 0.6) is 0 Å². The van der Waals surface area contributed by atoms with Gasteiger partial charge in [-0.3, -0.25) is 10.1 Å². The number of hydrogen-bond donors (Lipinski definition) is 2. The van der Waals surface area contributed by atoms with Crippen molar-refractivity contribution < 1.29 is 14.6 Å². The molecule has 0 rings (SSSR count). The molecule has 1 unspecified atom stereocenters. The van der Waals surface area contributed by atoms with Crippen molar-refractivity contribution >= 4 is 5.97 Å². The highest BCUT2D eigenvalue weighted by molar-refractivity contribution is 5.79. The van der Waals surface area contributed by atoms with Gasteiger partial charge in [0.1, 0.15) is 5.54 Å². The molecule has 0 aliphatic carbocycles. The zero-order valence-corrected chi connectivity index (χ0v) is 8.83. The first-order chi connectivity index (χ1) is 6.51. The number of methoxy groups -OCH3 is 1. The number of carboxylic acids is 1. The Morgan fingerprint density at radius 1 is 1.71 bits per heavy atom. The van der Waals surface area contributed by atoms with E-state index in [1.807, 2.05) is 13.8 Å². The minimum atomic E-state index is -1.10. The summed E-state index contributed by atoms with van der Waals surface area (Å²) < 4.78 is 4.92. The highest BCUT2D eigenvalue weighted by Crippen LogP contribution is 2.17. The Labute approximate surface area is 84.6 Å². The van der Waals surface area contributed by atoms with Gasteiger partial charge in [0.05, 0.1) is 13.2 Å². The normalized spacial score (nSPS) is 14.8. The van der Waals surface area contributed by atoms with Gasteiger partial charge in [0, 0.05) is 7.11 Å². The lowest BCUT2D eigenvalue weighted by Crippen LogP contribution is -2.59. The molecule has 0 aliphatic rings. The molecule has 0 aromatic heterocycles. The summed E-state index contributed by atoms with van der Waals surface area (Å²) in [4.78, 5) is 11.1. The maximum absolute atomic E-state index is 11.1. The number of hydrogen-bond acceptors (Lipinski definition) is 3. The Bertz CT molecular complexity index is 232. The molecule has 4 heteroatoms. The molecule has 0 spiro atoms. The van der Waals surface area contributed by atoms with Crippen LogP contribution in [0.1, 0.15) is 13.8 Å². The summed E-state index contributed by atoms with van der Waals surface area (Å²) in [5.41, 5.74) is -1.10. The van der Waals surface area contributed by atoms with Crippen LogP contribution in [0.25, 0.3) is 0 Å². The fraction of sp³-hybridized carbons (Fsp3) is 0.700. The van der Waals surface area contributed by atoms with E-state index in [0.29, 0.717) is 0 Å². The van der Waals surface area contributed by atoms with Crippen LogP contribution in [0.2, 0.25) is 0 Å². The third-order valence-corrected chi connectivity index (χ3v) is 2.25. The zero-order chi connectivity index (χ0) is 11.2. The molecule has 0 heterocycles. The van der Waals surface area contributed by atoms with Gasteiger partial charge < -0.3 is 9.84 Å². The van der Waals surface area contributed by atoms with Crippen molar-refractivity contribution in [2.24, 2.45) is 5.92 Å². The van der Waals surface area contributed by atoms with Gasteiger partial charge in [-0.05, 0) is 5.92 Å².